The lowest BCUT2D eigenvalue weighted by atomic mass is 9.81. The van der Waals surface area contributed by atoms with Gasteiger partial charge in [-0.05, 0) is 33.6 Å². The molecule has 0 amide bonds. The lowest BCUT2D eigenvalue weighted by Crippen LogP contribution is -2.33. The molecule has 1 rings (SSSR count). The fourth-order valence-corrected chi connectivity index (χ4v) is 2.64. The zero-order valence-corrected chi connectivity index (χ0v) is 13.7. The van der Waals surface area contributed by atoms with Crippen LogP contribution in [-0.2, 0) is 0 Å². The molecule has 17 heavy (non-hydrogen) atoms. The van der Waals surface area contributed by atoms with Gasteiger partial charge >= 0.3 is 0 Å². The minimum atomic E-state index is -0.408. The number of halogens is 3. The molecule has 0 aliphatic rings. The average molecular weight is 389 g/mol. The van der Waals surface area contributed by atoms with Gasteiger partial charge < -0.3 is 16.6 Å². The third-order valence-electron chi connectivity index (χ3n) is 2.71. The van der Waals surface area contributed by atoms with Crippen LogP contribution < -0.4 is 11.5 Å². The van der Waals surface area contributed by atoms with E-state index in [0.29, 0.717) is 5.69 Å². The Bertz CT molecular complexity index is 399. The first-order valence-corrected chi connectivity index (χ1v) is 6.49. The summed E-state index contributed by atoms with van der Waals surface area (Å²) in [5.74, 6) is 0. The summed E-state index contributed by atoms with van der Waals surface area (Å²) in [6.45, 7) is 3.83. The zero-order chi connectivity index (χ0) is 12.5. The van der Waals surface area contributed by atoms with Gasteiger partial charge in [0, 0.05) is 27.0 Å². The molecular weight excluding hydrogens is 371 g/mol. The lowest BCUT2D eigenvalue weighted by molar-refractivity contribution is 0.132. The molecule has 0 radical (unpaired) electrons. The Balaban J connectivity index is 0.00000256. The number of hydrogen-bond donors (Lipinski definition) is 3. The van der Waals surface area contributed by atoms with Crippen LogP contribution in [0.2, 0.25) is 0 Å². The predicted octanol–water partition coefficient (Wildman–Crippen LogP) is 3.23. The second-order valence-electron chi connectivity index (χ2n) is 4.51. The summed E-state index contributed by atoms with van der Waals surface area (Å²) in [5, 5.41) is 9.31. The Kier molecular flexibility index (Phi) is 6.46. The minimum absolute atomic E-state index is 0. The molecule has 0 bridgehead atoms. The van der Waals surface area contributed by atoms with Crippen LogP contribution in [0.4, 0.5) is 5.69 Å². The van der Waals surface area contributed by atoms with Gasteiger partial charge in [-0.25, -0.2) is 0 Å². The van der Waals surface area contributed by atoms with Gasteiger partial charge in [0.1, 0.15) is 0 Å². The first kappa shape index (κ1) is 17.2. The number of hydrogen-bond acceptors (Lipinski definition) is 3. The molecule has 0 aromatic heterocycles. The van der Waals surface area contributed by atoms with Gasteiger partial charge in [-0.15, -0.1) is 12.4 Å². The Hall–Kier alpha value is 0.190. The molecule has 1 atom stereocenters. The van der Waals surface area contributed by atoms with Crippen LogP contribution in [0.5, 0.6) is 0 Å². The topological polar surface area (TPSA) is 72.3 Å². The summed E-state index contributed by atoms with van der Waals surface area (Å²) >= 11 is 6.78. The molecule has 6 heteroatoms. The fraction of sp³-hybridized carbons (Fsp3) is 0.455. The lowest BCUT2D eigenvalue weighted by Gasteiger charge is -2.31. The van der Waals surface area contributed by atoms with Gasteiger partial charge in [0.25, 0.3) is 0 Å². The van der Waals surface area contributed by atoms with Crippen molar-refractivity contribution in [3.05, 3.63) is 26.6 Å². The van der Waals surface area contributed by atoms with Crippen molar-refractivity contribution in [2.75, 3.05) is 12.3 Å². The Morgan fingerprint density at radius 3 is 2.35 bits per heavy atom. The van der Waals surface area contributed by atoms with Gasteiger partial charge in [-0.1, -0.05) is 29.8 Å². The van der Waals surface area contributed by atoms with E-state index < -0.39 is 5.41 Å². The minimum Gasteiger partial charge on any atom is -0.398 e. The molecule has 0 unspecified atom stereocenters. The van der Waals surface area contributed by atoms with Crippen molar-refractivity contribution in [3.63, 3.8) is 0 Å². The molecule has 0 heterocycles. The Morgan fingerprint density at radius 2 is 1.88 bits per heavy atom. The van der Waals surface area contributed by atoms with Gasteiger partial charge in [-0.3, -0.25) is 0 Å². The number of aliphatic hydroxyl groups excluding tert-OH is 1. The number of rotatable bonds is 3. The predicted molar refractivity (Wildman–Crippen MR) is 81.3 cm³/mol. The van der Waals surface area contributed by atoms with Crippen molar-refractivity contribution in [3.8, 4) is 0 Å². The van der Waals surface area contributed by atoms with Crippen molar-refractivity contribution in [1.29, 1.82) is 0 Å². The summed E-state index contributed by atoms with van der Waals surface area (Å²) in [6, 6.07) is 3.45. The second kappa shape index (κ2) is 6.38. The number of aliphatic hydroxyl groups is 1. The normalized spacial score (nSPS) is 13.1. The van der Waals surface area contributed by atoms with Crippen LogP contribution in [0, 0.1) is 5.41 Å². The Labute approximate surface area is 125 Å². The van der Waals surface area contributed by atoms with Crippen molar-refractivity contribution < 1.29 is 5.11 Å². The third-order valence-corrected chi connectivity index (χ3v) is 3.82. The highest BCUT2D eigenvalue weighted by molar-refractivity contribution is 9.11. The van der Waals surface area contributed by atoms with Crippen molar-refractivity contribution >= 4 is 50.0 Å². The highest BCUT2D eigenvalue weighted by Crippen LogP contribution is 2.38. The highest BCUT2D eigenvalue weighted by atomic mass is 79.9. The molecule has 5 N–H and O–H groups in total. The standard InChI is InChI=1S/C11H16Br2N2O.ClH/c1-11(2,5-16)10(15)7-3-6(12)4-8(13)9(7)14;/h3-4,10,16H,5,14-15H2,1-2H3;1H/t10-;/m0./s1. The molecular formula is C11H17Br2ClN2O. The molecule has 3 nitrogen and oxygen atoms in total. The van der Waals surface area contributed by atoms with Gasteiger partial charge in [0.15, 0.2) is 0 Å². The highest BCUT2D eigenvalue weighted by Gasteiger charge is 2.29. The van der Waals surface area contributed by atoms with E-state index >= 15 is 0 Å². The summed E-state index contributed by atoms with van der Waals surface area (Å²) in [6.07, 6.45) is 0. The van der Waals surface area contributed by atoms with E-state index in [1.54, 1.807) is 0 Å². The number of nitrogen functional groups attached to an aromatic ring is 1. The SMILES string of the molecule is CC(C)(CO)[C@@H](N)c1cc(Br)cc(Br)c1N.Cl. The van der Waals surface area contributed by atoms with Gasteiger partial charge in [-0.2, -0.15) is 0 Å². The number of anilines is 1. The van der Waals surface area contributed by atoms with Crippen molar-refractivity contribution in [1.82, 2.24) is 0 Å². The average Bonchev–Trinajstić information content (AvgIpc) is 2.22. The maximum absolute atomic E-state index is 9.31. The van der Waals surface area contributed by atoms with Crippen LogP contribution in [0.15, 0.2) is 21.1 Å². The maximum atomic E-state index is 9.31. The van der Waals surface area contributed by atoms with E-state index in [-0.39, 0.29) is 25.1 Å². The molecule has 1 aromatic rings. The molecule has 0 aliphatic carbocycles. The maximum Gasteiger partial charge on any atom is 0.0507 e. The summed E-state index contributed by atoms with van der Waals surface area (Å²) in [5.41, 5.74) is 13.2. The smallest absolute Gasteiger partial charge is 0.0507 e. The summed E-state index contributed by atoms with van der Waals surface area (Å²) < 4.78 is 1.72. The van der Waals surface area contributed by atoms with Crippen LogP contribution >= 0.6 is 44.3 Å². The first-order chi connectivity index (χ1) is 7.29. The molecule has 98 valence electrons. The van der Waals surface area contributed by atoms with E-state index in [1.165, 1.54) is 0 Å². The molecule has 0 saturated carbocycles. The Morgan fingerprint density at radius 1 is 1.35 bits per heavy atom. The first-order valence-electron chi connectivity index (χ1n) is 4.90. The number of benzene rings is 1. The molecule has 1 aromatic carbocycles. The summed E-state index contributed by atoms with van der Waals surface area (Å²) in [4.78, 5) is 0. The zero-order valence-electron chi connectivity index (χ0n) is 9.71. The summed E-state index contributed by atoms with van der Waals surface area (Å²) in [7, 11) is 0. The van der Waals surface area contributed by atoms with E-state index in [4.69, 9.17) is 11.5 Å². The van der Waals surface area contributed by atoms with E-state index in [2.05, 4.69) is 31.9 Å². The molecule has 0 saturated heterocycles. The molecule has 0 fully saturated rings. The van der Waals surface area contributed by atoms with Crippen molar-refractivity contribution in [2.24, 2.45) is 11.1 Å². The van der Waals surface area contributed by atoms with Crippen molar-refractivity contribution in [2.45, 2.75) is 19.9 Å². The van der Waals surface area contributed by atoms with E-state index in [0.717, 1.165) is 14.5 Å². The van der Waals surface area contributed by atoms with Crippen LogP contribution in [-0.4, -0.2) is 11.7 Å². The van der Waals surface area contributed by atoms with Crippen LogP contribution in [0.3, 0.4) is 0 Å². The largest absolute Gasteiger partial charge is 0.398 e. The fourth-order valence-electron chi connectivity index (χ4n) is 1.38. The van der Waals surface area contributed by atoms with Crippen LogP contribution in [0.25, 0.3) is 0 Å². The molecule has 0 aliphatic heterocycles. The molecule has 0 spiro atoms. The quantitative estimate of drug-likeness (QED) is 0.696. The number of nitrogens with two attached hydrogens (primary N) is 2. The van der Waals surface area contributed by atoms with E-state index in [9.17, 15) is 5.11 Å². The third kappa shape index (κ3) is 3.83. The van der Waals surface area contributed by atoms with Gasteiger partial charge in [0.05, 0.1) is 5.69 Å². The van der Waals surface area contributed by atoms with Gasteiger partial charge in [0.2, 0.25) is 0 Å². The van der Waals surface area contributed by atoms with Crippen LogP contribution in [0.1, 0.15) is 25.5 Å². The monoisotopic (exact) mass is 386 g/mol. The van der Waals surface area contributed by atoms with E-state index in [1.807, 2.05) is 26.0 Å². The second-order valence-corrected chi connectivity index (χ2v) is 6.28.